The van der Waals surface area contributed by atoms with Crippen molar-refractivity contribution in [2.45, 2.75) is 13.0 Å². The monoisotopic (exact) mass is 260 g/mol. The molecule has 0 saturated heterocycles. The van der Waals surface area contributed by atoms with E-state index in [1.54, 1.807) is 0 Å². The summed E-state index contributed by atoms with van der Waals surface area (Å²) in [5.74, 6) is -3.63. The minimum Gasteiger partial charge on any atom is -0.480 e. The second-order valence-electron chi connectivity index (χ2n) is 3.64. The van der Waals surface area contributed by atoms with Crippen molar-refractivity contribution in [2.24, 2.45) is 0 Å². The van der Waals surface area contributed by atoms with E-state index in [9.17, 15) is 23.7 Å². The third kappa shape index (κ3) is 2.53. The molecule has 0 fully saturated rings. The van der Waals surface area contributed by atoms with Crippen molar-refractivity contribution in [2.75, 3.05) is 11.9 Å². The van der Waals surface area contributed by atoms with E-state index in [1.165, 1.54) is 14.0 Å². The normalized spacial score (nSPS) is 12.0. The molecule has 0 aliphatic heterocycles. The molecule has 1 aromatic carbocycles. The molecule has 1 N–H and O–H groups in total. The maximum atomic E-state index is 13.3. The van der Waals surface area contributed by atoms with Gasteiger partial charge in [0, 0.05) is 19.2 Å². The van der Waals surface area contributed by atoms with Crippen LogP contribution in [0.25, 0.3) is 0 Å². The van der Waals surface area contributed by atoms with Crippen molar-refractivity contribution in [1.82, 2.24) is 0 Å². The van der Waals surface area contributed by atoms with Crippen molar-refractivity contribution >= 4 is 17.3 Å². The molecule has 0 aliphatic carbocycles. The molecule has 0 amide bonds. The van der Waals surface area contributed by atoms with E-state index in [0.717, 1.165) is 11.0 Å². The third-order valence-electron chi connectivity index (χ3n) is 2.51. The molecule has 0 saturated carbocycles. The Morgan fingerprint density at radius 3 is 2.50 bits per heavy atom. The lowest BCUT2D eigenvalue weighted by Gasteiger charge is -2.23. The number of likely N-dealkylation sites (N-methyl/N-ethyl adjacent to an activating group) is 1. The average molecular weight is 260 g/mol. The van der Waals surface area contributed by atoms with Gasteiger partial charge in [-0.3, -0.25) is 10.1 Å². The van der Waals surface area contributed by atoms with Gasteiger partial charge in [-0.15, -0.1) is 0 Å². The molecule has 1 atom stereocenters. The summed E-state index contributed by atoms with van der Waals surface area (Å²) in [7, 11) is 1.21. The highest BCUT2D eigenvalue weighted by atomic mass is 19.1. The van der Waals surface area contributed by atoms with Crippen molar-refractivity contribution in [1.29, 1.82) is 0 Å². The number of hydrogen-bond acceptors (Lipinski definition) is 4. The summed E-state index contributed by atoms with van der Waals surface area (Å²) < 4.78 is 26.4. The molecule has 18 heavy (non-hydrogen) atoms. The molecular formula is C10H10F2N2O4. The summed E-state index contributed by atoms with van der Waals surface area (Å²) in [5, 5.41) is 19.5. The number of rotatable bonds is 4. The van der Waals surface area contributed by atoms with Gasteiger partial charge in [0.2, 0.25) is 5.82 Å². The van der Waals surface area contributed by atoms with E-state index < -0.39 is 39.9 Å². The molecule has 1 rings (SSSR count). The molecule has 0 spiro atoms. The van der Waals surface area contributed by atoms with Crippen molar-refractivity contribution in [3.63, 3.8) is 0 Å². The molecule has 0 heterocycles. The van der Waals surface area contributed by atoms with Gasteiger partial charge in [-0.2, -0.15) is 4.39 Å². The van der Waals surface area contributed by atoms with Gasteiger partial charge in [0.15, 0.2) is 0 Å². The van der Waals surface area contributed by atoms with E-state index in [-0.39, 0.29) is 0 Å². The average Bonchev–Trinajstić information content (AvgIpc) is 2.24. The number of benzene rings is 1. The Morgan fingerprint density at radius 2 is 2.06 bits per heavy atom. The van der Waals surface area contributed by atoms with Crippen LogP contribution in [0.2, 0.25) is 0 Å². The third-order valence-corrected chi connectivity index (χ3v) is 2.51. The molecule has 0 aromatic heterocycles. The van der Waals surface area contributed by atoms with Gasteiger partial charge in [-0.05, 0) is 6.92 Å². The van der Waals surface area contributed by atoms with Crippen molar-refractivity contribution in [3.05, 3.63) is 33.9 Å². The lowest BCUT2D eigenvalue weighted by atomic mass is 10.2. The van der Waals surface area contributed by atoms with Crippen LogP contribution < -0.4 is 4.90 Å². The van der Waals surface area contributed by atoms with Gasteiger partial charge in [-0.25, -0.2) is 9.18 Å². The number of nitro benzene ring substituents is 1. The molecule has 0 bridgehead atoms. The molecule has 8 heteroatoms. The van der Waals surface area contributed by atoms with Crippen molar-refractivity contribution in [3.8, 4) is 0 Å². The predicted octanol–water partition coefficient (Wildman–Crippen LogP) is 1.78. The zero-order valence-corrected chi connectivity index (χ0v) is 9.55. The Morgan fingerprint density at radius 1 is 1.50 bits per heavy atom. The molecule has 98 valence electrons. The van der Waals surface area contributed by atoms with E-state index in [0.29, 0.717) is 6.07 Å². The Hall–Kier alpha value is -2.25. The summed E-state index contributed by atoms with van der Waals surface area (Å²) in [5.41, 5.74) is -1.38. The number of halogens is 2. The predicted molar refractivity (Wildman–Crippen MR) is 58.5 cm³/mol. The Kier molecular flexibility index (Phi) is 3.79. The van der Waals surface area contributed by atoms with E-state index in [4.69, 9.17) is 5.11 Å². The lowest BCUT2D eigenvalue weighted by Crippen LogP contribution is -2.36. The zero-order valence-electron chi connectivity index (χ0n) is 9.55. The van der Waals surface area contributed by atoms with Crippen LogP contribution in [0.4, 0.5) is 20.2 Å². The second-order valence-corrected chi connectivity index (χ2v) is 3.64. The fraction of sp³-hybridized carbons (Fsp3) is 0.300. The summed E-state index contributed by atoms with van der Waals surface area (Å²) >= 11 is 0. The number of carboxylic acids is 1. The van der Waals surface area contributed by atoms with Crippen LogP contribution in [0.1, 0.15) is 6.92 Å². The second kappa shape index (κ2) is 4.94. The first-order chi connectivity index (χ1) is 8.25. The molecule has 1 aromatic rings. The Bertz CT molecular complexity index is 507. The highest BCUT2D eigenvalue weighted by molar-refractivity contribution is 5.79. The topological polar surface area (TPSA) is 83.7 Å². The number of nitrogens with zero attached hydrogens (tertiary/aromatic N) is 2. The fourth-order valence-electron chi connectivity index (χ4n) is 1.38. The van der Waals surface area contributed by atoms with E-state index in [1.807, 2.05) is 0 Å². The molecular weight excluding hydrogens is 250 g/mol. The molecule has 1 unspecified atom stereocenters. The lowest BCUT2D eigenvalue weighted by molar-refractivity contribution is -0.386. The van der Waals surface area contributed by atoms with Crippen LogP contribution in [0.3, 0.4) is 0 Å². The van der Waals surface area contributed by atoms with E-state index >= 15 is 0 Å². The van der Waals surface area contributed by atoms with Crippen LogP contribution in [0.15, 0.2) is 12.1 Å². The number of aliphatic carboxylic acids is 1. The number of hydrogen-bond donors (Lipinski definition) is 1. The number of nitro groups is 1. The summed E-state index contributed by atoms with van der Waals surface area (Å²) in [6.45, 7) is 1.24. The highest BCUT2D eigenvalue weighted by Crippen LogP contribution is 2.32. The first kappa shape index (κ1) is 13.8. The highest BCUT2D eigenvalue weighted by Gasteiger charge is 2.28. The fourth-order valence-corrected chi connectivity index (χ4v) is 1.38. The Balaban J connectivity index is 3.38. The molecule has 6 nitrogen and oxygen atoms in total. The van der Waals surface area contributed by atoms with Crippen LogP contribution in [0.5, 0.6) is 0 Å². The SMILES string of the molecule is CC(C(=O)O)N(C)c1cc(F)cc(F)c1[N+](=O)[O-]. The smallest absolute Gasteiger partial charge is 0.328 e. The first-order valence-electron chi connectivity index (χ1n) is 4.84. The van der Waals surface area contributed by atoms with Crippen LogP contribution in [-0.4, -0.2) is 29.1 Å². The van der Waals surface area contributed by atoms with Gasteiger partial charge in [-0.1, -0.05) is 0 Å². The van der Waals surface area contributed by atoms with Gasteiger partial charge >= 0.3 is 11.7 Å². The van der Waals surface area contributed by atoms with Crippen LogP contribution in [-0.2, 0) is 4.79 Å². The standard InChI is InChI=1S/C10H10F2N2O4/c1-5(10(15)16)13(2)8-4-6(11)3-7(12)9(8)14(17)18/h3-5H,1-2H3,(H,15,16). The van der Waals surface area contributed by atoms with Gasteiger partial charge in [0.25, 0.3) is 0 Å². The van der Waals surface area contributed by atoms with Crippen LogP contribution in [0, 0.1) is 21.7 Å². The van der Waals surface area contributed by atoms with Gasteiger partial charge in [0.1, 0.15) is 17.5 Å². The van der Waals surface area contributed by atoms with Gasteiger partial charge in [0.05, 0.1) is 4.92 Å². The summed E-state index contributed by atoms with van der Waals surface area (Å²) in [4.78, 5) is 21.4. The number of carbonyl (C=O) groups is 1. The summed E-state index contributed by atoms with van der Waals surface area (Å²) in [6.07, 6.45) is 0. The largest absolute Gasteiger partial charge is 0.480 e. The first-order valence-corrected chi connectivity index (χ1v) is 4.84. The van der Waals surface area contributed by atoms with Crippen LogP contribution >= 0.6 is 0 Å². The zero-order chi connectivity index (χ0) is 14.0. The number of carboxylic acid groups (broad SMARTS) is 1. The molecule has 0 aliphatic rings. The number of anilines is 1. The minimum absolute atomic E-state index is 0.376. The minimum atomic E-state index is -1.35. The van der Waals surface area contributed by atoms with Crippen molar-refractivity contribution < 1.29 is 23.6 Å². The molecule has 0 radical (unpaired) electrons. The Labute approximate surface area is 101 Å². The quantitative estimate of drug-likeness (QED) is 0.659. The van der Waals surface area contributed by atoms with E-state index in [2.05, 4.69) is 0 Å². The maximum absolute atomic E-state index is 13.3. The summed E-state index contributed by atoms with van der Waals surface area (Å²) in [6, 6.07) is -0.0634. The maximum Gasteiger partial charge on any atom is 0.328 e. The van der Waals surface area contributed by atoms with Gasteiger partial charge < -0.3 is 10.0 Å².